The molecule has 0 spiro atoms. The van der Waals surface area contributed by atoms with E-state index in [0.29, 0.717) is 16.3 Å². The van der Waals surface area contributed by atoms with Crippen molar-refractivity contribution in [2.24, 2.45) is 5.11 Å². The van der Waals surface area contributed by atoms with Crippen molar-refractivity contribution in [3.8, 4) is 0 Å². The Bertz CT molecular complexity index is 656. The van der Waals surface area contributed by atoms with Crippen LogP contribution in [0.5, 0.6) is 0 Å². The largest absolute Gasteiger partial charge is 0.390 e. The summed E-state index contributed by atoms with van der Waals surface area (Å²) in [6, 6.07) is 9.48. The molecule has 0 saturated heterocycles. The third kappa shape index (κ3) is 2.88. The smallest absolute Gasteiger partial charge is 0.131 e. The van der Waals surface area contributed by atoms with Crippen molar-refractivity contribution in [3.63, 3.8) is 0 Å². The molecule has 0 aromatic heterocycles. The van der Waals surface area contributed by atoms with Crippen LogP contribution in [0, 0.1) is 5.82 Å². The summed E-state index contributed by atoms with van der Waals surface area (Å²) >= 11 is 0. The van der Waals surface area contributed by atoms with Crippen molar-refractivity contribution in [2.45, 2.75) is 18.6 Å². The van der Waals surface area contributed by atoms with Crippen LogP contribution in [0.3, 0.4) is 0 Å². The van der Waals surface area contributed by atoms with Crippen LogP contribution in [0.25, 0.3) is 21.2 Å². The zero-order valence-corrected chi connectivity index (χ0v) is 10.6. The van der Waals surface area contributed by atoms with Gasteiger partial charge in [-0.15, -0.1) is 0 Å². The second-order valence-corrected chi connectivity index (χ2v) is 4.44. The van der Waals surface area contributed by atoms with Crippen LogP contribution >= 0.6 is 0 Å². The molecule has 104 valence electrons. The van der Waals surface area contributed by atoms with Crippen molar-refractivity contribution in [3.05, 3.63) is 58.2 Å². The van der Waals surface area contributed by atoms with E-state index in [4.69, 9.17) is 5.53 Å². The van der Waals surface area contributed by atoms with Gasteiger partial charge in [0.15, 0.2) is 0 Å². The van der Waals surface area contributed by atoms with Crippen LogP contribution in [0.4, 0.5) is 4.39 Å². The molecule has 6 heteroatoms. The maximum Gasteiger partial charge on any atom is 0.131 e. The molecule has 0 aliphatic rings. The van der Waals surface area contributed by atoms with E-state index < -0.39 is 12.2 Å². The van der Waals surface area contributed by atoms with Gasteiger partial charge in [-0.3, -0.25) is 0 Å². The van der Waals surface area contributed by atoms with E-state index in [1.165, 1.54) is 12.1 Å². The van der Waals surface area contributed by atoms with E-state index in [9.17, 15) is 14.6 Å². The number of hydrogen-bond acceptors (Lipinski definition) is 3. The lowest BCUT2D eigenvalue weighted by atomic mass is 9.96. The molecule has 0 aliphatic carbocycles. The molecule has 0 saturated carbocycles. The van der Waals surface area contributed by atoms with Gasteiger partial charge in [0.2, 0.25) is 0 Å². The molecule has 2 aromatic rings. The number of aliphatic hydroxyl groups excluding tert-OH is 2. The van der Waals surface area contributed by atoms with Gasteiger partial charge in [-0.05, 0) is 29.0 Å². The molecule has 0 radical (unpaired) electrons. The molecular weight excluding hydrogens is 261 g/mol. The zero-order valence-electron chi connectivity index (χ0n) is 10.6. The fourth-order valence-corrected chi connectivity index (χ4v) is 2.14. The Kier molecular flexibility index (Phi) is 4.53. The third-order valence-electron chi connectivity index (χ3n) is 3.18. The van der Waals surface area contributed by atoms with E-state index in [-0.39, 0.29) is 18.8 Å². The van der Waals surface area contributed by atoms with Crippen LogP contribution in [-0.4, -0.2) is 22.9 Å². The molecule has 0 bridgehead atoms. The van der Waals surface area contributed by atoms with Gasteiger partial charge in [-0.1, -0.05) is 35.4 Å². The Hall–Kier alpha value is -2.14. The highest BCUT2D eigenvalue weighted by Crippen LogP contribution is 2.29. The number of nitrogens with zero attached hydrogens (tertiary/aromatic N) is 3. The number of rotatable bonds is 5. The Morgan fingerprint density at radius 2 is 1.85 bits per heavy atom. The summed E-state index contributed by atoms with van der Waals surface area (Å²) < 4.78 is 13.7. The highest BCUT2D eigenvalue weighted by molar-refractivity contribution is 5.86. The summed E-state index contributed by atoms with van der Waals surface area (Å²) in [6.45, 7) is 0.0911. The Balaban J connectivity index is 2.32. The lowest BCUT2D eigenvalue weighted by Gasteiger charge is -2.19. The van der Waals surface area contributed by atoms with Gasteiger partial charge in [0.05, 0.1) is 6.10 Å². The molecule has 2 atom stereocenters. The SMILES string of the molecule is [N-]=[N+]=NCCC(O)C(O)c1ccc(F)c2ccccc12. The number of aliphatic hydroxyl groups is 2. The van der Waals surface area contributed by atoms with Gasteiger partial charge >= 0.3 is 0 Å². The summed E-state index contributed by atoms with van der Waals surface area (Å²) in [4.78, 5) is 2.58. The normalized spacial score (nSPS) is 13.8. The summed E-state index contributed by atoms with van der Waals surface area (Å²) in [5.74, 6) is -0.375. The fourth-order valence-electron chi connectivity index (χ4n) is 2.14. The molecule has 0 heterocycles. The zero-order chi connectivity index (χ0) is 14.5. The molecule has 2 N–H and O–H groups in total. The van der Waals surface area contributed by atoms with Crippen LogP contribution in [-0.2, 0) is 0 Å². The Morgan fingerprint density at radius 1 is 1.15 bits per heavy atom. The van der Waals surface area contributed by atoms with E-state index >= 15 is 0 Å². The van der Waals surface area contributed by atoms with Gasteiger partial charge in [-0.2, -0.15) is 0 Å². The van der Waals surface area contributed by atoms with Crippen LogP contribution in [0.2, 0.25) is 0 Å². The molecule has 2 unspecified atom stereocenters. The summed E-state index contributed by atoms with van der Waals surface area (Å²) in [6.07, 6.45) is -2.10. The molecule has 2 rings (SSSR count). The van der Waals surface area contributed by atoms with Crippen molar-refractivity contribution >= 4 is 10.8 Å². The van der Waals surface area contributed by atoms with Gasteiger partial charge in [0.25, 0.3) is 0 Å². The fraction of sp³-hybridized carbons (Fsp3) is 0.286. The maximum absolute atomic E-state index is 13.7. The molecule has 0 fully saturated rings. The van der Waals surface area contributed by atoms with E-state index in [0.717, 1.165) is 0 Å². The van der Waals surface area contributed by atoms with Gasteiger partial charge in [0, 0.05) is 16.8 Å². The minimum absolute atomic E-state index is 0.0911. The summed E-state index contributed by atoms with van der Waals surface area (Å²) in [5.41, 5.74) is 8.63. The lowest BCUT2D eigenvalue weighted by molar-refractivity contribution is 0.0159. The first-order chi connectivity index (χ1) is 9.65. The third-order valence-corrected chi connectivity index (χ3v) is 3.18. The molecular formula is C14H14FN3O2. The molecule has 0 aliphatic heterocycles. The van der Waals surface area contributed by atoms with Crippen molar-refractivity contribution in [2.75, 3.05) is 6.54 Å². The molecule has 2 aromatic carbocycles. The van der Waals surface area contributed by atoms with Crippen LogP contribution < -0.4 is 0 Å². The lowest BCUT2D eigenvalue weighted by Crippen LogP contribution is -2.19. The first-order valence-corrected chi connectivity index (χ1v) is 6.19. The van der Waals surface area contributed by atoms with Gasteiger partial charge in [0.1, 0.15) is 11.9 Å². The quantitative estimate of drug-likeness (QED) is 0.499. The average Bonchev–Trinajstić information content (AvgIpc) is 2.47. The maximum atomic E-state index is 13.7. The summed E-state index contributed by atoms with van der Waals surface area (Å²) in [7, 11) is 0. The minimum atomic E-state index is -1.16. The first-order valence-electron chi connectivity index (χ1n) is 6.19. The van der Waals surface area contributed by atoms with Crippen molar-refractivity contribution < 1.29 is 14.6 Å². The molecule has 5 nitrogen and oxygen atoms in total. The van der Waals surface area contributed by atoms with Crippen molar-refractivity contribution in [1.82, 2.24) is 0 Å². The minimum Gasteiger partial charge on any atom is -0.390 e. The van der Waals surface area contributed by atoms with Gasteiger partial charge in [-0.25, -0.2) is 4.39 Å². The monoisotopic (exact) mass is 275 g/mol. The highest BCUT2D eigenvalue weighted by Gasteiger charge is 2.20. The topological polar surface area (TPSA) is 89.2 Å². The Labute approximate surface area is 114 Å². The van der Waals surface area contributed by atoms with Crippen LogP contribution in [0.15, 0.2) is 41.5 Å². The van der Waals surface area contributed by atoms with E-state index in [2.05, 4.69) is 10.0 Å². The van der Waals surface area contributed by atoms with Crippen LogP contribution in [0.1, 0.15) is 18.1 Å². The number of azide groups is 1. The first kappa shape index (κ1) is 14.3. The van der Waals surface area contributed by atoms with E-state index in [1.807, 2.05) is 0 Å². The number of halogens is 1. The predicted octanol–water partition coefficient (Wildman–Crippen LogP) is 3.07. The highest BCUT2D eigenvalue weighted by atomic mass is 19.1. The number of fused-ring (bicyclic) bond motifs is 1. The van der Waals surface area contributed by atoms with E-state index in [1.54, 1.807) is 24.3 Å². The molecule has 0 amide bonds. The predicted molar refractivity (Wildman–Crippen MR) is 73.5 cm³/mol. The standard InChI is InChI=1S/C14H14FN3O2/c15-12-6-5-11(9-3-1-2-4-10(9)12)14(20)13(19)7-8-17-18-16/h1-6,13-14,19-20H,7-8H2. The second-order valence-electron chi connectivity index (χ2n) is 4.44. The second kappa shape index (κ2) is 6.34. The van der Waals surface area contributed by atoms with Crippen molar-refractivity contribution in [1.29, 1.82) is 0 Å². The Morgan fingerprint density at radius 3 is 2.55 bits per heavy atom. The van der Waals surface area contributed by atoms with Gasteiger partial charge < -0.3 is 10.2 Å². The number of hydrogen-bond donors (Lipinski definition) is 2. The average molecular weight is 275 g/mol. The molecule has 20 heavy (non-hydrogen) atoms. The number of benzene rings is 2. The summed E-state index contributed by atoms with van der Waals surface area (Å²) in [5, 5.41) is 24.3.